The molecule has 0 aliphatic carbocycles. The Morgan fingerprint density at radius 1 is 1.63 bits per heavy atom. The van der Waals surface area contributed by atoms with E-state index in [0.717, 1.165) is 24.3 Å². The van der Waals surface area contributed by atoms with Crippen molar-refractivity contribution in [1.82, 2.24) is 10.3 Å². The van der Waals surface area contributed by atoms with Crippen molar-refractivity contribution >= 4 is 11.7 Å². The number of aliphatic hydroxyl groups is 1. The molecule has 2 heterocycles. The molecule has 1 amide bonds. The first-order chi connectivity index (χ1) is 8.96. The molecule has 2 atom stereocenters. The van der Waals surface area contributed by atoms with Crippen molar-refractivity contribution in [1.29, 1.82) is 0 Å². The Hall–Kier alpha value is -1.62. The first-order valence-electron chi connectivity index (χ1n) is 6.57. The standard InChI is InChI=1S/C14H21N3O2/c1-10(18)11-4-6-16-12(8-11)17-7-5-14(2,9-17)13(19)15-3/h4,6,8,10,18H,5,7,9H2,1-3H3,(H,15,19). The van der Waals surface area contributed by atoms with Crippen molar-refractivity contribution in [2.75, 3.05) is 25.0 Å². The Balaban J connectivity index is 2.17. The molecule has 0 bridgehead atoms. The van der Waals surface area contributed by atoms with E-state index in [4.69, 9.17) is 0 Å². The van der Waals surface area contributed by atoms with Gasteiger partial charge < -0.3 is 15.3 Å². The average molecular weight is 263 g/mol. The van der Waals surface area contributed by atoms with E-state index in [-0.39, 0.29) is 11.3 Å². The van der Waals surface area contributed by atoms with Crippen LogP contribution in [0.25, 0.3) is 0 Å². The molecule has 0 radical (unpaired) electrons. The predicted octanol–water partition coefficient (Wildman–Crippen LogP) is 1.10. The minimum atomic E-state index is -0.505. The number of rotatable bonds is 3. The smallest absolute Gasteiger partial charge is 0.227 e. The number of carbonyl (C=O) groups is 1. The Bertz CT molecular complexity index is 476. The van der Waals surface area contributed by atoms with Crippen LogP contribution in [0.1, 0.15) is 31.9 Å². The van der Waals surface area contributed by atoms with Crippen molar-refractivity contribution in [2.24, 2.45) is 5.41 Å². The normalized spacial score (nSPS) is 24.3. The SMILES string of the molecule is CNC(=O)C1(C)CCN(c2cc(C(C)O)ccn2)C1. The second-order valence-electron chi connectivity index (χ2n) is 5.43. The summed E-state index contributed by atoms with van der Waals surface area (Å²) in [5.74, 6) is 0.896. The summed E-state index contributed by atoms with van der Waals surface area (Å²) in [5, 5.41) is 12.3. The second-order valence-corrected chi connectivity index (χ2v) is 5.43. The molecule has 104 valence electrons. The third kappa shape index (κ3) is 2.71. The Labute approximate surface area is 113 Å². The van der Waals surface area contributed by atoms with Crippen LogP contribution in [0.3, 0.4) is 0 Å². The topological polar surface area (TPSA) is 65.5 Å². The number of pyridine rings is 1. The molecule has 0 spiro atoms. The van der Waals surface area contributed by atoms with Crippen molar-refractivity contribution in [3.05, 3.63) is 23.9 Å². The van der Waals surface area contributed by atoms with Gasteiger partial charge in [-0.15, -0.1) is 0 Å². The van der Waals surface area contributed by atoms with Crippen LogP contribution < -0.4 is 10.2 Å². The highest BCUT2D eigenvalue weighted by molar-refractivity contribution is 5.83. The highest BCUT2D eigenvalue weighted by atomic mass is 16.3. The number of nitrogens with zero attached hydrogens (tertiary/aromatic N) is 2. The molecule has 2 rings (SSSR count). The fraction of sp³-hybridized carbons (Fsp3) is 0.571. The van der Waals surface area contributed by atoms with Gasteiger partial charge in [0.1, 0.15) is 5.82 Å². The van der Waals surface area contributed by atoms with Gasteiger partial charge in [0.25, 0.3) is 0 Å². The third-order valence-electron chi connectivity index (χ3n) is 3.82. The van der Waals surface area contributed by atoms with Crippen molar-refractivity contribution in [3.63, 3.8) is 0 Å². The van der Waals surface area contributed by atoms with Gasteiger partial charge in [-0.1, -0.05) is 0 Å². The van der Waals surface area contributed by atoms with Gasteiger partial charge in [0.2, 0.25) is 5.91 Å². The van der Waals surface area contributed by atoms with Crippen molar-refractivity contribution in [3.8, 4) is 0 Å². The Morgan fingerprint density at radius 2 is 2.37 bits per heavy atom. The van der Waals surface area contributed by atoms with E-state index in [1.165, 1.54) is 0 Å². The molecular formula is C14H21N3O2. The second kappa shape index (κ2) is 5.17. The molecule has 1 saturated heterocycles. The van der Waals surface area contributed by atoms with E-state index >= 15 is 0 Å². The van der Waals surface area contributed by atoms with Gasteiger partial charge >= 0.3 is 0 Å². The fourth-order valence-corrected chi connectivity index (χ4v) is 2.51. The molecule has 1 aromatic rings. The zero-order valence-corrected chi connectivity index (χ0v) is 11.7. The van der Waals surface area contributed by atoms with Gasteiger partial charge in [-0.3, -0.25) is 4.79 Å². The summed E-state index contributed by atoms with van der Waals surface area (Å²) < 4.78 is 0. The number of aliphatic hydroxyl groups excluding tert-OH is 1. The van der Waals surface area contributed by atoms with Gasteiger partial charge in [-0.2, -0.15) is 0 Å². The van der Waals surface area contributed by atoms with Crippen molar-refractivity contribution in [2.45, 2.75) is 26.4 Å². The molecule has 5 nitrogen and oxygen atoms in total. The van der Waals surface area contributed by atoms with Crippen LogP contribution in [0, 0.1) is 5.41 Å². The number of nitrogens with one attached hydrogen (secondary N) is 1. The maximum atomic E-state index is 11.9. The zero-order valence-electron chi connectivity index (χ0n) is 11.7. The molecule has 19 heavy (non-hydrogen) atoms. The highest BCUT2D eigenvalue weighted by Gasteiger charge is 2.40. The summed E-state index contributed by atoms with van der Waals surface area (Å²) in [6, 6.07) is 3.70. The molecule has 1 aromatic heterocycles. The molecule has 0 saturated carbocycles. The lowest BCUT2D eigenvalue weighted by atomic mass is 9.89. The molecule has 1 fully saturated rings. The van der Waals surface area contributed by atoms with Crippen LogP contribution >= 0.6 is 0 Å². The monoisotopic (exact) mass is 263 g/mol. The summed E-state index contributed by atoms with van der Waals surface area (Å²) in [7, 11) is 1.67. The summed E-state index contributed by atoms with van der Waals surface area (Å²) in [6.07, 6.45) is 2.01. The fourth-order valence-electron chi connectivity index (χ4n) is 2.51. The highest BCUT2D eigenvalue weighted by Crippen LogP contribution is 2.33. The number of carbonyl (C=O) groups excluding carboxylic acids is 1. The predicted molar refractivity (Wildman–Crippen MR) is 73.9 cm³/mol. The van der Waals surface area contributed by atoms with E-state index in [1.54, 1.807) is 20.2 Å². The van der Waals surface area contributed by atoms with E-state index < -0.39 is 6.10 Å². The Kier molecular flexibility index (Phi) is 3.75. The minimum absolute atomic E-state index is 0.0710. The summed E-state index contributed by atoms with van der Waals surface area (Å²) >= 11 is 0. The molecule has 2 unspecified atom stereocenters. The van der Waals surface area contributed by atoms with Crippen LogP contribution in [-0.2, 0) is 4.79 Å². The van der Waals surface area contributed by atoms with Gasteiger partial charge in [0.05, 0.1) is 11.5 Å². The lowest BCUT2D eigenvalue weighted by Crippen LogP contribution is -2.39. The van der Waals surface area contributed by atoms with E-state index in [9.17, 15) is 9.90 Å². The van der Waals surface area contributed by atoms with Crippen molar-refractivity contribution < 1.29 is 9.90 Å². The lowest BCUT2D eigenvalue weighted by molar-refractivity contribution is -0.128. The summed E-state index contributed by atoms with van der Waals surface area (Å²) in [4.78, 5) is 18.3. The number of hydrogen-bond donors (Lipinski definition) is 2. The van der Waals surface area contributed by atoms with Crippen LogP contribution in [0.2, 0.25) is 0 Å². The molecule has 1 aliphatic heterocycles. The average Bonchev–Trinajstić information content (AvgIpc) is 2.82. The first-order valence-corrected chi connectivity index (χ1v) is 6.57. The molecule has 1 aliphatic rings. The van der Waals surface area contributed by atoms with Gasteiger partial charge in [0.15, 0.2) is 0 Å². The number of amides is 1. The summed E-state index contributed by atoms with van der Waals surface area (Å²) in [6.45, 7) is 5.17. The number of aromatic nitrogens is 1. The number of hydrogen-bond acceptors (Lipinski definition) is 4. The quantitative estimate of drug-likeness (QED) is 0.857. The molecule has 5 heteroatoms. The van der Waals surface area contributed by atoms with Crippen LogP contribution in [-0.4, -0.2) is 36.1 Å². The first kappa shape index (κ1) is 13.8. The number of anilines is 1. The maximum Gasteiger partial charge on any atom is 0.227 e. The molecule has 0 aromatic carbocycles. The molecular weight excluding hydrogens is 242 g/mol. The van der Waals surface area contributed by atoms with Gasteiger partial charge in [-0.25, -0.2) is 4.98 Å². The zero-order chi connectivity index (χ0) is 14.0. The lowest BCUT2D eigenvalue weighted by Gasteiger charge is -2.23. The van der Waals surface area contributed by atoms with Crippen LogP contribution in [0.15, 0.2) is 18.3 Å². The van der Waals surface area contributed by atoms with E-state index in [0.29, 0.717) is 6.54 Å². The largest absolute Gasteiger partial charge is 0.389 e. The van der Waals surface area contributed by atoms with Crippen LogP contribution in [0.4, 0.5) is 5.82 Å². The Morgan fingerprint density at radius 3 is 3.00 bits per heavy atom. The van der Waals surface area contributed by atoms with Gasteiger partial charge in [-0.05, 0) is 38.0 Å². The van der Waals surface area contributed by atoms with Crippen LogP contribution in [0.5, 0.6) is 0 Å². The van der Waals surface area contributed by atoms with E-state index in [2.05, 4.69) is 15.2 Å². The third-order valence-corrected chi connectivity index (χ3v) is 3.82. The van der Waals surface area contributed by atoms with E-state index in [1.807, 2.05) is 19.1 Å². The minimum Gasteiger partial charge on any atom is -0.389 e. The summed E-state index contributed by atoms with van der Waals surface area (Å²) in [5.41, 5.74) is 0.482. The molecule has 2 N–H and O–H groups in total. The van der Waals surface area contributed by atoms with Gasteiger partial charge in [0, 0.05) is 26.3 Å². The maximum absolute atomic E-state index is 11.9.